The topological polar surface area (TPSA) is 79.4 Å². The molecule has 0 aliphatic carbocycles. The van der Waals surface area contributed by atoms with Crippen molar-refractivity contribution in [3.05, 3.63) is 59.4 Å². The number of morpholine rings is 1. The lowest BCUT2D eigenvalue weighted by Gasteiger charge is -2.27. The standard InChI is InChI=1S/C23H30FN3O5S/c1-25(2)10-11-26(17-18-4-7-20(24)8-5-18)23(28)19-6-9-21(31-3)22(16-19)33(29,30)27-12-14-32-15-13-27/h4-9,16H,10-15,17H2,1-3H3. The van der Waals surface area contributed by atoms with Crippen LogP contribution < -0.4 is 4.74 Å². The van der Waals surface area contributed by atoms with Gasteiger partial charge in [-0.05, 0) is 50.0 Å². The summed E-state index contributed by atoms with van der Waals surface area (Å²) in [6, 6.07) is 10.4. The van der Waals surface area contributed by atoms with Crippen molar-refractivity contribution in [2.45, 2.75) is 11.4 Å². The molecule has 1 aliphatic rings. The molecule has 0 aromatic heterocycles. The van der Waals surface area contributed by atoms with Crippen LogP contribution >= 0.6 is 0 Å². The van der Waals surface area contributed by atoms with Crippen molar-refractivity contribution < 1.29 is 27.1 Å². The smallest absolute Gasteiger partial charge is 0.254 e. The van der Waals surface area contributed by atoms with E-state index in [1.54, 1.807) is 23.1 Å². The maximum atomic E-state index is 13.4. The molecule has 2 aromatic carbocycles. The molecule has 1 saturated heterocycles. The van der Waals surface area contributed by atoms with Gasteiger partial charge in [-0.3, -0.25) is 4.79 Å². The lowest BCUT2D eigenvalue weighted by atomic mass is 10.1. The summed E-state index contributed by atoms with van der Waals surface area (Å²) in [6.07, 6.45) is 0. The van der Waals surface area contributed by atoms with Gasteiger partial charge in [0.1, 0.15) is 16.5 Å². The van der Waals surface area contributed by atoms with E-state index in [0.717, 1.165) is 5.56 Å². The van der Waals surface area contributed by atoms with Gasteiger partial charge < -0.3 is 19.3 Å². The number of likely N-dealkylation sites (N-methyl/N-ethyl adjacent to an activating group) is 1. The van der Waals surface area contributed by atoms with E-state index >= 15 is 0 Å². The zero-order valence-electron chi connectivity index (χ0n) is 19.2. The first-order valence-corrected chi connectivity index (χ1v) is 12.1. The highest BCUT2D eigenvalue weighted by Crippen LogP contribution is 2.29. The molecule has 10 heteroatoms. The van der Waals surface area contributed by atoms with E-state index in [9.17, 15) is 17.6 Å². The van der Waals surface area contributed by atoms with Gasteiger partial charge in [0.15, 0.2) is 0 Å². The summed E-state index contributed by atoms with van der Waals surface area (Å²) < 4.78 is 51.8. The molecule has 0 spiro atoms. The second kappa shape index (κ2) is 11.1. The fraction of sp³-hybridized carbons (Fsp3) is 0.435. The van der Waals surface area contributed by atoms with Crippen LogP contribution in [0.5, 0.6) is 5.75 Å². The van der Waals surface area contributed by atoms with Crippen LogP contribution in [0.25, 0.3) is 0 Å². The van der Waals surface area contributed by atoms with Crippen molar-refractivity contribution in [3.8, 4) is 5.75 Å². The summed E-state index contributed by atoms with van der Waals surface area (Å²) in [5.74, 6) is -0.489. The molecule has 1 amide bonds. The summed E-state index contributed by atoms with van der Waals surface area (Å²) in [5, 5.41) is 0. The van der Waals surface area contributed by atoms with E-state index in [0.29, 0.717) is 26.3 Å². The van der Waals surface area contributed by atoms with E-state index in [1.165, 1.54) is 35.7 Å². The molecule has 1 fully saturated rings. The summed E-state index contributed by atoms with van der Waals surface area (Å²) >= 11 is 0. The average Bonchev–Trinajstić information content (AvgIpc) is 2.82. The third kappa shape index (κ3) is 6.29. The third-order valence-electron chi connectivity index (χ3n) is 5.39. The molecule has 0 atom stereocenters. The van der Waals surface area contributed by atoms with E-state index in [4.69, 9.17) is 9.47 Å². The molecule has 0 radical (unpaired) electrons. The van der Waals surface area contributed by atoms with E-state index in [2.05, 4.69) is 0 Å². The number of halogens is 1. The number of benzene rings is 2. The van der Waals surface area contributed by atoms with Crippen molar-refractivity contribution in [2.24, 2.45) is 0 Å². The monoisotopic (exact) mass is 479 g/mol. The molecule has 0 bridgehead atoms. The zero-order chi connectivity index (χ0) is 24.0. The van der Waals surface area contributed by atoms with Gasteiger partial charge >= 0.3 is 0 Å². The first-order chi connectivity index (χ1) is 15.7. The normalized spacial score (nSPS) is 14.9. The molecule has 180 valence electrons. The van der Waals surface area contributed by atoms with Crippen molar-refractivity contribution in [1.29, 1.82) is 0 Å². The molecule has 1 aliphatic heterocycles. The molecule has 0 saturated carbocycles. The van der Waals surface area contributed by atoms with Gasteiger partial charge in [-0.1, -0.05) is 12.1 Å². The number of amides is 1. The average molecular weight is 480 g/mol. The van der Waals surface area contributed by atoms with Crippen molar-refractivity contribution >= 4 is 15.9 Å². The van der Waals surface area contributed by atoms with Gasteiger partial charge in [-0.25, -0.2) is 12.8 Å². The Balaban J connectivity index is 1.93. The highest BCUT2D eigenvalue weighted by molar-refractivity contribution is 7.89. The van der Waals surface area contributed by atoms with E-state index < -0.39 is 10.0 Å². The number of hydrogen-bond acceptors (Lipinski definition) is 6. The number of rotatable bonds is 9. The van der Waals surface area contributed by atoms with Crippen molar-refractivity contribution in [3.63, 3.8) is 0 Å². The molecule has 3 rings (SSSR count). The predicted molar refractivity (Wildman–Crippen MR) is 122 cm³/mol. The minimum absolute atomic E-state index is 0.0490. The fourth-order valence-electron chi connectivity index (χ4n) is 3.50. The zero-order valence-corrected chi connectivity index (χ0v) is 20.0. The van der Waals surface area contributed by atoms with Crippen LogP contribution in [0.4, 0.5) is 4.39 Å². The van der Waals surface area contributed by atoms with Gasteiger partial charge in [0.2, 0.25) is 10.0 Å². The lowest BCUT2D eigenvalue weighted by Crippen LogP contribution is -2.41. The number of carbonyl (C=O) groups is 1. The molecule has 8 nitrogen and oxygen atoms in total. The summed E-state index contributed by atoms with van der Waals surface area (Å²) in [4.78, 5) is 17.0. The fourth-order valence-corrected chi connectivity index (χ4v) is 5.09. The van der Waals surface area contributed by atoms with Crippen LogP contribution in [0.2, 0.25) is 0 Å². The van der Waals surface area contributed by atoms with Crippen LogP contribution in [-0.4, -0.2) is 89.0 Å². The Morgan fingerprint density at radius 2 is 1.76 bits per heavy atom. The lowest BCUT2D eigenvalue weighted by molar-refractivity contribution is 0.0725. The molecule has 0 unspecified atom stereocenters. The molecule has 1 heterocycles. The van der Waals surface area contributed by atoms with Gasteiger partial charge in [0, 0.05) is 38.3 Å². The summed E-state index contributed by atoms with van der Waals surface area (Å²) in [5.41, 5.74) is 1.02. The Morgan fingerprint density at radius 1 is 1.09 bits per heavy atom. The number of ether oxygens (including phenoxy) is 2. The first-order valence-electron chi connectivity index (χ1n) is 10.7. The van der Waals surface area contributed by atoms with Crippen molar-refractivity contribution in [1.82, 2.24) is 14.1 Å². The number of sulfonamides is 1. The largest absolute Gasteiger partial charge is 0.495 e. The molecule has 2 aromatic rings. The first kappa shape index (κ1) is 25.1. The minimum atomic E-state index is -3.87. The van der Waals surface area contributed by atoms with Crippen molar-refractivity contribution in [2.75, 3.05) is 60.6 Å². The Hall–Kier alpha value is -2.53. The summed E-state index contributed by atoms with van der Waals surface area (Å²) in [7, 11) is 1.34. The molecular weight excluding hydrogens is 449 g/mol. The third-order valence-corrected chi connectivity index (χ3v) is 7.31. The number of carbonyl (C=O) groups excluding carboxylic acids is 1. The number of hydrogen-bond donors (Lipinski definition) is 0. The van der Waals surface area contributed by atoms with Crippen LogP contribution in [0, 0.1) is 5.82 Å². The van der Waals surface area contributed by atoms with Crippen LogP contribution in [0.15, 0.2) is 47.4 Å². The highest BCUT2D eigenvalue weighted by atomic mass is 32.2. The van der Waals surface area contributed by atoms with Gasteiger partial charge in [0.25, 0.3) is 5.91 Å². The van der Waals surface area contributed by atoms with E-state index in [-0.39, 0.29) is 47.6 Å². The summed E-state index contributed by atoms with van der Waals surface area (Å²) in [6.45, 7) is 2.41. The number of nitrogens with zero attached hydrogens (tertiary/aromatic N) is 3. The Kier molecular flexibility index (Phi) is 8.41. The van der Waals surface area contributed by atoms with Gasteiger partial charge in [-0.15, -0.1) is 0 Å². The number of methoxy groups -OCH3 is 1. The van der Waals surface area contributed by atoms with Crippen LogP contribution in [-0.2, 0) is 21.3 Å². The highest BCUT2D eigenvalue weighted by Gasteiger charge is 2.30. The van der Waals surface area contributed by atoms with Crippen LogP contribution in [0.3, 0.4) is 0 Å². The van der Waals surface area contributed by atoms with Crippen LogP contribution in [0.1, 0.15) is 15.9 Å². The van der Waals surface area contributed by atoms with E-state index in [1.807, 2.05) is 19.0 Å². The Bertz CT molecular complexity index is 1050. The van der Waals surface area contributed by atoms with Gasteiger partial charge in [-0.2, -0.15) is 4.31 Å². The molecule has 0 N–H and O–H groups in total. The minimum Gasteiger partial charge on any atom is -0.495 e. The molecular formula is C23H30FN3O5S. The maximum absolute atomic E-state index is 13.4. The SMILES string of the molecule is COc1ccc(C(=O)N(CCN(C)C)Cc2ccc(F)cc2)cc1S(=O)(=O)N1CCOCC1. The Labute approximate surface area is 194 Å². The Morgan fingerprint density at radius 3 is 2.36 bits per heavy atom. The quantitative estimate of drug-likeness (QED) is 0.548. The second-order valence-electron chi connectivity index (χ2n) is 8.04. The maximum Gasteiger partial charge on any atom is 0.254 e. The molecule has 33 heavy (non-hydrogen) atoms. The second-order valence-corrected chi connectivity index (χ2v) is 9.94. The van der Waals surface area contributed by atoms with Gasteiger partial charge in [0.05, 0.1) is 20.3 Å². The predicted octanol–water partition coefficient (Wildman–Crippen LogP) is 2.06.